The van der Waals surface area contributed by atoms with E-state index >= 15 is 0 Å². The SMILES string of the molecule is CC(N)c1nc(CC(=O)NCc2nccn2C)cs1. The van der Waals surface area contributed by atoms with E-state index in [9.17, 15) is 4.79 Å². The molecule has 0 radical (unpaired) electrons. The van der Waals surface area contributed by atoms with E-state index in [1.807, 2.05) is 30.1 Å². The largest absolute Gasteiger partial charge is 0.349 e. The molecule has 0 saturated heterocycles. The number of amides is 1. The number of imidazole rings is 1. The summed E-state index contributed by atoms with van der Waals surface area (Å²) in [5, 5.41) is 5.55. The molecule has 0 aromatic carbocycles. The van der Waals surface area contributed by atoms with Gasteiger partial charge in [-0.25, -0.2) is 9.97 Å². The lowest BCUT2D eigenvalue weighted by Crippen LogP contribution is -2.26. The lowest BCUT2D eigenvalue weighted by atomic mass is 10.3. The van der Waals surface area contributed by atoms with Crippen LogP contribution in [0.25, 0.3) is 0 Å². The van der Waals surface area contributed by atoms with Crippen LogP contribution >= 0.6 is 11.3 Å². The van der Waals surface area contributed by atoms with E-state index in [4.69, 9.17) is 5.73 Å². The van der Waals surface area contributed by atoms with Gasteiger partial charge in [-0.3, -0.25) is 4.79 Å². The average molecular weight is 279 g/mol. The zero-order chi connectivity index (χ0) is 13.8. The summed E-state index contributed by atoms with van der Waals surface area (Å²) >= 11 is 1.49. The number of nitrogens with one attached hydrogen (secondary N) is 1. The highest BCUT2D eigenvalue weighted by atomic mass is 32.1. The summed E-state index contributed by atoms with van der Waals surface area (Å²) in [4.78, 5) is 20.2. The zero-order valence-electron chi connectivity index (χ0n) is 11.0. The Bertz CT molecular complexity index is 560. The number of rotatable bonds is 5. The molecule has 2 rings (SSSR count). The Morgan fingerprint density at radius 1 is 1.63 bits per heavy atom. The minimum absolute atomic E-state index is 0.0653. The van der Waals surface area contributed by atoms with E-state index < -0.39 is 0 Å². The summed E-state index contributed by atoms with van der Waals surface area (Å²) in [6.07, 6.45) is 3.82. The first kappa shape index (κ1) is 13.7. The van der Waals surface area contributed by atoms with Crippen LogP contribution in [0.4, 0.5) is 0 Å². The Hall–Kier alpha value is -1.73. The fraction of sp³-hybridized carbons (Fsp3) is 0.417. The number of nitrogens with two attached hydrogens (primary N) is 1. The predicted octanol–water partition coefficient (Wildman–Crippen LogP) is 0.755. The predicted molar refractivity (Wildman–Crippen MR) is 73.5 cm³/mol. The van der Waals surface area contributed by atoms with Crippen molar-refractivity contribution in [2.45, 2.75) is 25.9 Å². The molecule has 0 aliphatic rings. The number of hydrogen-bond donors (Lipinski definition) is 2. The smallest absolute Gasteiger partial charge is 0.226 e. The van der Waals surface area contributed by atoms with Crippen LogP contribution in [-0.4, -0.2) is 20.4 Å². The van der Waals surface area contributed by atoms with Gasteiger partial charge in [0.15, 0.2) is 0 Å². The van der Waals surface area contributed by atoms with Gasteiger partial charge in [0.2, 0.25) is 5.91 Å². The molecule has 7 heteroatoms. The topological polar surface area (TPSA) is 85.8 Å². The lowest BCUT2D eigenvalue weighted by molar-refractivity contribution is -0.120. The number of nitrogens with zero attached hydrogens (tertiary/aromatic N) is 3. The van der Waals surface area contributed by atoms with Crippen molar-refractivity contribution >= 4 is 17.2 Å². The first-order chi connectivity index (χ1) is 9.06. The lowest BCUT2D eigenvalue weighted by Gasteiger charge is -2.04. The third-order valence-electron chi connectivity index (χ3n) is 2.67. The molecule has 0 spiro atoms. The molecular weight excluding hydrogens is 262 g/mol. The van der Waals surface area contributed by atoms with E-state index in [0.717, 1.165) is 16.5 Å². The van der Waals surface area contributed by atoms with Crippen molar-refractivity contribution in [1.82, 2.24) is 19.9 Å². The molecule has 0 aliphatic carbocycles. The maximum Gasteiger partial charge on any atom is 0.226 e. The van der Waals surface area contributed by atoms with Crippen LogP contribution in [0.5, 0.6) is 0 Å². The van der Waals surface area contributed by atoms with Gasteiger partial charge in [-0.15, -0.1) is 11.3 Å². The first-order valence-corrected chi connectivity index (χ1v) is 6.87. The van der Waals surface area contributed by atoms with Gasteiger partial charge in [0.25, 0.3) is 0 Å². The summed E-state index contributed by atoms with van der Waals surface area (Å²) in [6.45, 7) is 2.30. The fourth-order valence-electron chi connectivity index (χ4n) is 1.58. The quantitative estimate of drug-likeness (QED) is 0.846. The molecule has 0 bridgehead atoms. The van der Waals surface area contributed by atoms with Crippen molar-refractivity contribution in [3.63, 3.8) is 0 Å². The summed E-state index contributed by atoms with van der Waals surface area (Å²) in [5.74, 6) is 0.757. The molecule has 1 atom stereocenters. The van der Waals surface area contributed by atoms with Crippen molar-refractivity contribution in [2.24, 2.45) is 12.8 Å². The second-order valence-corrected chi connectivity index (χ2v) is 5.26. The number of aryl methyl sites for hydroxylation is 1. The van der Waals surface area contributed by atoms with Crippen molar-refractivity contribution in [2.75, 3.05) is 0 Å². The Kier molecular flexibility index (Phi) is 4.28. The van der Waals surface area contributed by atoms with Gasteiger partial charge in [-0.2, -0.15) is 0 Å². The van der Waals surface area contributed by atoms with Crippen molar-refractivity contribution in [1.29, 1.82) is 0 Å². The van der Waals surface area contributed by atoms with Gasteiger partial charge < -0.3 is 15.6 Å². The molecular formula is C12H17N5OS. The van der Waals surface area contributed by atoms with Crippen molar-refractivity contribution in [3.05, 3.63) is 34.3 Å². The molecule has 19 heavy (non-hydrogen) atoms. The molecule has 0 saturated carbocycles. The van der Waals surface area contributed by atoms with Crippen LogP contribution < -0.4 is 11.1 Å². The standard InChI is InChI=1S/C12H17N5OS/c1-8(13)12-16-9(7-19-12)5-11(18)15-6-10-14-3-4-17(10)2/h3-4,7-8H,5-6,13H2,1-2H3,(H,15,18). The molecule has 0 fully saturated rings. The zero-order valence-corrected chi connectivity index (χ0v) is 11.8. The first-order valence-electron chi connectivity index (χ1n) is 5.99. The average Bonchev–Trinajstić information content (AvgIpc) is 2.96. The van der Waals surface area contributed by atoms with Gasteiger partial charge in [0.05, 0.1) is 24.7 Å². The molecule has 0 aliphatic heterocycles. The molecule has 2 aromatic rings. The molecule has 2 aromatic heterocycles. The summed E-state index contributed by atoms with van der Waals surface area (Å²) in [6, 6.07) is -0.0885. The Morgan fingerprint density at radius 3 is 3.00 bits per heavy atom. The van der Waals surface area contributed by atoms with E-state index in [1.54, 1.807) is 6.20 Å². The molecule has 2 heterocycles. The van der Waals surface area contributed by atoms with Crippen LogP contribution in [0, 0.1) is 0 Å². The molecule has 1 amide bonds. The molecule has 6 nitrogen and oxygen atoms in total. The van der Waals surface area contributed by atoms with E-state index in [2.05, 4.69) is 15.3 Å². The van der Waals surface area contributed by atoms with Crippen molar-refractivity contribution < 1.29 is 4.79 Å². The maximum atomic E-state index is 11.8. The van der Waals surface area contributed by atoms with Crippen LogP contribution in [0.3, 0.4) is 0 Å². The minimum atomic E-state index is -0.0885. The van der Waals surface area contributed by atoms with Gasteiger partial charge in [-0.1, -0.05) is 0 Å². The van der Waals surface area contributed by atoms with E-state index in [1.165, 1.54) is 11.3 Å². The normalized spacial score (nSPS) is 12.4. The number of aromatic nitrogens is 3. The van der Waals surface area contributed by atoms with Gasteiger partial charge in [0, 0.05) is 24.8 Å². The Labute approximate surface area is 115 Å². The van der Waals surface area contributed by atoms with E-state index in [0.29, 0.717) is 6.54 Å². The Balaban J connectivity index is 1.85. The highest BCUT2D eigenvalue weighted by Crippen LogP contribution is 2.16. The number of carbonyl (C=O) groups is 1. The summed E-state index contributed by atoms with van der Waals surface area (Å²) in [7, 11) is 1.89. The van der Waals surface area contributed by atoms with Crippen molar-refractivity contribution in [3.8, 4) is 0 Å². The second kappa shape index (κ2) is 5.94. The number of thiazole rings is 1. The van der Waals surface area contributed by atoms with Gasteiger partial charge >= 0.3 is 0 Å². The monoisotopic (exact) mass is 279 g/mol. The highest BCUT2D eigenvalue weighted by molar-refractivity contribution is 7.09. The van der Waals surface area contributed by atoms with E-state index in [-0.39, 0.29) is 18.4 Å². The van der Waals surface area contributed by atoms with Crippen LogP contribution in [0.2, 0.25) is 0 Å². The third-order valence-corrected chi connectivity index (χ3v) is 3.76. The minimum Gasteiger partial charge on any atom is -0.349 e. The van der Waals surface area contributed by atoms with Crippen LogP contribution in [0.15, 0.2) is 17.8 Å². The summed E-state index contributed by atoms with van der Waals surface area (Å²) < 4.78 is 1.87. The number of carbonyl (C=O) groups excluding carboxylic acids is 1. The van der Waals surface area contributed by atoms with Crippen LogP contribution in [0.1, 0.15) is 29.5 Å². The van der Waals surface area contributed by atoms with Gasteiger partial charge in [-0.05, 0) is 6.92 Å². The molecule has 102 valence electrons. The second-order valence-electron chi connectivity index (χ2n) is 4.37. The summed E-state index contributed by atoms with van der Waals surface area (Å²) in [5.41, 5.74) is 6.49. The fourth-order valence-corrected chi connectivity index (χ4v) is 2.36. The third kappa shape index (κ3) is 3.62. The maximum absolute atomic E-state index is 11.8. The van der Waals surface area contributed by atoms with Crippen LogP contribution in [-0.2, 0) is 24.8 Å². The number of hydrogen-bond acceptors (Lipinski definition) is 5. The molecule has 1 unspecified atom stereocenters. The van der Waals surface area contributed by atoms with Gasteiger partial charge in [0.1, 0.15) is 10.8 Å². The Morgan fingerprint density at radius 2 is 2.42 bits per heavy atom. The highest BCUT2D eigenvalue weighted by Gasteiger charge is 2.10. The molecule has 3 N–H and O–H groups in total.